The number of aliphatic carboxylic acids is 1. The molecule has 8 rings (SSSR count). The highest BCUT2D eigenvalue weighted by Crippen LogP contribution is 2.66. The summed E-state index contributed by atoms with van der Waals surface area (Å²) in [4.78, 5) is 61.7. The second kappa shape index (κ2) is 16.9. The number of hydrogen-bond acceptors (Lipinski definition) is 10. The summed E-state index contributed by atoms with van der Waals surface area (Å²) in [5, 5.41) is 21.5. The van der Waals surface area contributed by atoms with E-state index < -0.39 is 59.5 Å². The Morgan fingerprint density at radius 1 is 0.864 bits per heavy atom. The van der Waals surface area contributed by atoms with Crippen LogP contribution in [0, 0.1) is 17.8 Å². The van der Waals surface area contributed by atoms with Gasteiger partial charge in [0, 0.05) is 18.2 Å². The zero-order valence-electron chi connectivity index (χ0n) is 32.5. The van der Waals surface area contributed by atoms with Crippen LogP contribution < -0.4 is 9.64 Å². The molecule has 4 aromatic rings. The Hall–Kier alpha value is -6.26. The van der Waals surface area contributed by atoms with Crippen molar-refractivity contribution in [2.24, 2.45) is 5.92 Å². The number of methoxy groups -OCH3 is 1. The van der Waals surface area contributed by atoms with E-state index in [0.29, 0.717) is 22.3 Å². The van der Waals surface area contributed by atoms with E-state index in [0.717, 1.165) is 36.2 Å². The number of amides is 2. The predicted molar refractivity (Wildman–Crippen MR) is 215 cm³/mol. The molecule has 3 heterocycles. The first-order valence-corrected chi connectivity index (χ1v) is 19.8. The lowest BCUT2D eigenvalue weighted by molar-refractivity contribution is -0.179. The van der Waals surface area contributed by atoms with E-state index in [1.165, 1.54) is 7.11 Å². The van der Waals surface area contributed by atoms with Crippen LogP contribution in [0.15, 0.2) is 115 Å². The van der Waals surface area contributed by atoms with Gasteiger partial charge in [-0.15, -0.1) is 0 Å². The Morgan fingerprint density at radius 3 is 2.29 bits per heavy atom. The number of fused-ring (bicyclic) bond motifs is 3. The molecule has 1 aliphatic carbocycles. The molecule has 2 amide bonds. The lowest BCUT2D eigenvalue weighted by atomic mass is 9.65. The van der Waals surface area contributed by atoms with Crippen LogP contribution in [0.5, 0.6) is 5.75 Å². The maximum Gasteiger partial charge on any atom is 0.421 e. The van der Waals surface area contributed by atoms with Crippen molar-refractivity contribution in [2.75, 3.05) is 38.4 Å². The number of aliphatic hydroxyl groups excluding tert-OH is 1. The minimum atomic E-state index is -2.18. The van der Waals surface area contributed by atoms with Gasteiger partial charge in [0.25, 0.3) is 0 Å². The van der Waals surface area contributed by atoms with Crippen LogP contribution in [0.25, 0.3) is 0 Å². The zero-order valence-corrected chi connectivity index (χ0v) is 32.5. The number of nitrogens with zero attached hydrogens (tertiary/aromatic N) is 2. The zero-order chi connectivity index (χ0) is 41.1. The normalized spacial score (nSPS) is 24.7. The minimum absolute atomic E-state index is 0.0490. The summed E-state index contributed by atoms with van der Waals surface area (Å²) in [5.74, 6) is 1.78. The van der Waals surface area contributed by atoms with Gasteiger partial charge in [0.15, 0.2) is 0 Å². The third kappa shape index (κ3) is 6.95. The summed E-state index contributed by atoms with van der Waals surface area (Å²) in [6.45, 7) is -0.574. The number of hydrogen-bond donors (Lipinski definition) is 2. The number of ether oxygens (including phenoxy) is 4. The summed E-state index contributed by atoms with van der Waals surface area (Å²) in [6, 6.07) is 26.6. The van der Waals surface area contributed by atoms with Gasteiger partial charge in [-0.3, -0.25) is 19.3 Å². The van der Waals surface area contributed by atoms with Crippen LogP contribution in [0.3, 0.4) is 0 Å². The highest BCUT2D eigenvalue weighted by Gasteiger charge is 2.76. The molecule has 3 aliphatic heterocycles. The van der Waals surface area contributed by atoms with Crippen molar-refractivity contribution in [1.82, 2.24) is 4.90 Å². The Labute approximate surface area is 341 Å². The molecule has 2 N–H and O–H groups in total. The first-order valence-electron chi connectivity index (χ1n) is 19.8. The van der Waals surface area contributed by atoms with Crippen LogP contribution in [-0.4, -0.2) is 78.6 Å². The second-order valence-corrected chi connectivity index (χ2v) is 14.9. The van der Waals surface area contributed by atoms with Crippen LogP contribution in [0.4, 0.5) is 10.5 Å². The maximum atomic E-state index is 15.9. The molecule has 2 fully saturated rings. The number of esters is 1. The lowest BCUT2D eigenvalue weighted by Crippen LogP contribution is -2.53. The van der Waals surface area contributed by atoms with Gasteiger partial charge in [0.2, 0.25) is 5.91 Å². The van der Waals surface area contributed by atoms with Crippen LogP contribution in [-0.2, 0) is 34.0 Å². The van der Waals surface area contributed by atoms with Gasteiger partial charge in [0.05, 0.1) is 31.0 Å². The third-order valence-electron chi connectivity index (χ3n) is 11.6. The number of para-hydroxylation sites is 1. The quantitative estimate of drug-likeness (QED) is 0.104. The molecule has 0 unspecified atom stereocenters. The van der Waals surface area contributed by atoms with Gasteiger partial charge in [-0.05, 0) is 72.2 Å². The smallest absolute Gasteiger partial charge is 0.421 e. The van der Waals surface area contributed by atoms with E-state index in [9.17, 15) is 24.6 Å². The van der Waals surface area contributed by atoms with Crippen molar-refractivity contribution < 1.29 is 48.3 Å². The number of rotatable bonds is 10. The standard InChI is InChI=1S/C47H44N2O10/c1-56-27-28-58-46(55)48-36-24-23-31(22-21-30-13-5-2-6-14-30)29-35(36)47(45(48)54)38(43(51)52)40-44(53)59-41(33-17-9-4-10-18-33)39(32-15-7-3-8-16-32)49(40)42(47)34-19-11-12-20-37(34)57-26-25-50/h3-4,7-13,15-20,23-24,29,38-42,50H,2,5-6,14,25-28H2,1H3,(H,51,52)/t38-,39-,40-,41+,42+,47-/m1/s1. The van der Waals surface area contributed by atoms with Crippen molar-refractivity contribution in [3.05, 3.63) is 143 Å². The van der Waals surface area contributed by atoms with Crippen LogP contribution in [0.2, 0.25) is 0 Å². The Balaban J connectivity index is 1.45. The van der Waals surface area contributed by atoms with Gasteiger partial charge in [-0.2, -0.15) is 0 Å². The van der Waals surface area contributed by atoms with E-state index in [1.807, 2.05) is 60.7 Å². The number of benzene rings is 4. The first-order chi connectivity index (χ1) is 28.8. The number of aliphatic hydroxyl groups is 1. The number of cyclic esters (lactones) is 1. The number of anilines is 1. The number of imide groups is 1. The Bertz CT molecular complexity index is 2340. The molecule has 0 radical (unpaired) electrons. The first kappa shape index (κ1) is 39.6. The molecule has 6 atom stereocenters. The molecule has 4 aliphatic rings. The fourth-order valence-corrected chi connectivity index (χ4v) is 9.29. The monoisotopic (exact) mass is 796 g/mol. The molecule has 4 aromatic carbocycles. The molecule has 12 nitrogen and oxygen atoms in total. The molecule has 302 valence electrons. The molecule has 2 saturated heterocycles. The summed E-state index contributed by atoms with van der Waals surface area (Å²) < 4.78 is 23.2. The number of carboxylic acids is 1. The van der Waals surface area contributed by atoms with Gasteiger partial charge in [-0.25, -0.2) is 9.69 Å². The van der Waals surface area contributed by atoms with Gasteiger partial charge >= 0.3 is 18.0 Å². The Morgan fingerprint density at radius 2 is 1.59 bits per heavy atom. The molecule has 1 spiro atoms. The van der Waals surface area contributed by atoms with Crippen molar-refractivity contribution in [3.63, 3.8) is 0 Å². The number of carbonyl (C=O) groups is 4. The maximum absolute atomic E-state index is 15.9. The van der Waals surface area contributed by atoms with Crippen molar-refractivity contribution >= 4 is 29.6 Å². The molecule has 0 bridgehead atoms. The molecular weight excluding hydrogens is 753 g/mol. The number of carboxylic acid groups (broad SMARTS) is 1. The van der Waals surface area contributed by atoms with Gasteiger partial charge in [-0.1, -0.05) is 96.8 Å². The molecule has 0 aromatic heterocycles. The Kier molecular flexibility index (Phi) is 11.3. The predicted octanol–water partition coefficient (Wildman–Crippen LogP) is 6.44. The summed E-state index contributed by atoms with van der Waals surface area (Å²) in [7, 11) is 1.45. The SMILES string of the molecule is COCCOC(=O)N1C(=O)[C@@]2(c3cc(C#CC4=CCCCC4)ccc31)[C@H](c1ccccc1OCCO)N1[C@H](c3ccccc3)[C@H](c3ccccc3)OC(=O)[C@H]1[C@@H]2C(=O)O. The lowest BCUT2D eigenvalue weighted by Gasteiger charge is -2.46. The van der Waals surface area contributed by atoms with E-state index in [2.05, 4.69) is 17.9 Å². The largest absolute Gasteiger partial charge is 0.491 e. The highest BCUT2D eigenvalue weighted by atomic mass is 16.6. The van der Waals surface area contributed by atoms with Crippen LogP contribution in [0.1, 0.15) is 71.7 Å². The number of morpholine rings is 1. The minimum Gasteiger partial charge on any atom is -0.491 e. The van der Waals surface area contributed by atoms with Gasteiger partial charge < -0.3 is 29.2 Å². The van der Waals surface area contributed by atoms with E-state index in [-0.39, 0.29) is 43.4 Å². The van der Waals surface area contributed by atoms with Crippen molar-refractivity contribution in [3.8, 4) is 17.6 Å². The van der Waals surface area contributed by atoms with E-state index >= 15 is 4.79 Å². The van der Waals surface area contributed by atoms with Crippen molar-refractivity contribution in [2.45, 2.75) is 55.3 Å². The molecule has 59 heavy (non-hydrogen) atoms. The molecular formula is C47H44N2O10. The summed E-state index contributed by atoms with van der Waals surface area (Å²) in [6.07, 6.45) is 3.98. The van der Waals surface area contributed by atoms with E-state index in [4.69, 9.17) is 18.9 Å². The van der Waals surface area contributed by atoms with Gasteiger partial charge in [0.1, 0.15) is 42.4 Å². The van der Waals surface area contributed by atoms with E-state index in [1.54, 1.807) is 47.4 Å². The average Bonchev–Trinajstić information content (AvgIpc) is 3.72. The second-order valence-electron chi connectivity index (χ2n) is 14.9. The average molecular weight is 797 g/mol. The summed E-state index contributed by atoms with van der Waals surface area (Å²) in [5.41, 5.74) is 1.31. The highest BCUT2D eigenvalue weighted by molar-refractivity contribution is 6.23. The molecule has 0 saturated carbocycles. The topological polar surface area (TPSA) is 152 Å². The van der Waals surface area contributed by atoms with Crippen LogP contribution >= 0.6 is 0 Å². The summed E-state index contributed by atoms with van der Waals surface area (Å²) >= 11 is 0. The molecule has 12 heteroatoms. The third-order valence-corrected chi connectivity index (χ3v) is 11.6. The number of allylic oxidation sites excluding steroid dienone is 2. The fourth-order valence-electron chi connectivity index (χ4n) is 9.29. The number of carbonyl (C=O) groups excluding carboxylic acids is 3. The van der Waals surface area contributed by atoms with Crippen molar-refractivity contribution in [1.29, 1.82) is 0 Å². The fraction of sp³-hybridized carbons (Fsp3) is 0.319.